The Hall–Kier alpha value is -3.85. The highest BCUT2D eigenvalue weighted by molar-refractivity contribution is 5.95. The van der Waals surface area contributed by atoms with Gasteiger partial charge in [-0.3, -0.25) is 4.79 Å². The lowest BCUT2D eigenvalue weighted by molar-refractivity contribution is -0.120. The average Bonchev–Trinajstić information content (AvgIpc) is 3.55. The minimum absolute atomic E-state index is 0.107. The first kappa shape index (κ1) is 26.1. The van der Waals surface area contributed by atoms with Gasteiger partial charge in [-0.25, -0.2) is 4.98 Å². The van der Waals surface area contributed by atoms with Gasteiger partial charge in [0.2, 0.25) is 5.91 Å². The quantitative estimate of drug-likeness (QED) is 0.278. The predicted molar refractivity (Wildman–Crippen MR) is 155 cm³/mol. The lowest BCUT2D eigenvalue weighted by Crippen LogP contribution is -2.40. The second kappa shape index (κ2) is 10.5. The van der Waals surface area contributed by atoms with Crippen molar-refractivity contribution in [3.63, 3.8) is 0 Å². The summed E-state index contributed by atoms with van der Waals surface area (Å²) in [6.07, 6.45) is 6.50. The number of hydrogen-bond donors (Lipinski definition) is 0. The number of aryl methyl sites for hydroxylation is 2. The topological polar surface area (TPSA) is 91.9 Å². The van der Waals surface area contributed by atoms with Gasteiger partial charge in [-0.15, -0.1) is 0 Å². The lowest BCUT2D eigenvalue weighted by Gasteiger charge is -2.38. The van der Waals surface area contributed by atoms with Gasteiger partial charge in [0.25, 0.3) is 0 Å². The maximum Gasteiger partial charge on any atom is 0.227 e. The summed E-state index contributed by atoms with van der Waals surface area (Å²) in [5.41, 5.74) is 5.75. The summed E-state index contributed by atoms with van der Waals surface area (Å²) in [5.74, 6) is 3.24. The molecule has 4 heterocycles. The van der Waals surface area contributed by atoms with Gasteiger partial charge in [-0.1, -0.05) is 11.2 Å². The first-order valence-electron chi connectivity index (χ1n) is 14.7. The largest absolute Gasteiger partial charge is 0.486 e. The molecule has 0 N–H and O–H groups in total. The number of ether oxygens (including phenoxy) is 3. The van der Waals surface area contributed by atoms with E-state index in [2.05, 4.69) is 27.9 Å². The summed E-state index contributed by atoms with van der Waals surface area (Å²) in [6, 6.07) is 12.4. The van der Waals surface area contributed by atoms with Crippen molar-refractivity contribution in [2.45, 2.75) is 77.0 Å². The predicted octanol–water partition coefficient (Wildman–Crippen LogP) is 6.47. The van der Waals surface area contributed by atoms with Crippen LogP contribution in [-0.4, -0.2) is 47.0 Å². The summed E-state index contributed by atoms with van der Waals surface area (Å²) in [7, 11) is 1.80. The molecule has 1 saturated heterocycles. The fourth-order valence-corrected chi connectivity index (χ4v) is 6.95. The second-order valence-corrected chi connectivity index (χ2v) is 11.4. The molecule has 214 valence electrons. The SMILES string of the molecule is COC1CCC(n2c([C@@H]3CCCC(=O)N3c3ccc4c(c3)OCCO4)nc3cc(-c4c(C)noc4C)ccc32)CC1. The molecule has 1 amide bonds. The molecule has 0 spiro atoms. The number of imidazole rings is 1. The average molecular weight is 557 g/mol. The fourth-order valence-electron chi connectivity index (χ4n) is 6.95. The van der Waals surface area contributed by atoms with Gasteiger partial charge in [0.15, 0.2) is 11.5 Å². The summed E-state index contributed by atoms with van der Waals surface area (Å²) < 4.78 is 25.2. The molecule has 2 aliphatic heterocycles. The number of benzene rings is 2. The van der Waals surface area contributed by atoms with Crippen LogP contribution in [0.25, 0.3) is 22.2 Å². The summed E-state index contributed by atoms with van der Waals surface area (Å²) in [6.45, 7) is 4.94. The number of aromatic nitrogens is 3. The minimum atomic E-state index is -0.186. The Morgan fingerprint density at radius 1 is 0.951 bits per heavy atom. The second-order valence-electron chi connectivity index (χ2n) is 11.4. The van der Waals surface area contributed by atoms with Crippen LogP contribution in [0.1, 0.15) is 74.3 Å². The van der Waals surface area contributed by atoms with E-state index in [-0.39, 0.29) is 18.0 Å². The molecule has 7 rings (SSSR count). The van der Waals surface area contributed by atoms with E-state index >= 15 is 0 Å². The van der Waals surface area contributed by atoms with Crippen LogP contribution in [0, 0.1) is 13.8 Å². The third kappa shape index (κ3) is 4.56. The molecule has 0 radical (unpaired) electrons. The van der Waals surface area contributed by atoms with E-state index in [0.29, 0.717) is 31.5 Å². The number of carbonyl (C=O) groups is 1. The number of amides is 1. The van der Waals surface area contributed by atoms with Crippen molar-refractivity contribution in [2.24, 2.45) is 0 Å². The molecule has 2 aromatic carbocycles. The zero-order valence-electron chi connectivity index (χ0n) is 23.9. The first-order chi connectivity index (χ1) is 20.0. The number of hydrogen-bond acceptors (Lipinski definition) is 7. The number of nitrogens with zero attached hydrogens (tertiary/aromatic N) is 4. The smallest absolute Gasteiger partial charge is 0.227 e. The lowest BCUT2D eigenvalue weighted by atomic mass is 9.91. The molecule has 3 aliphatic rings. The standard InChI is InChI=1S/C32H36N4O5/c1-19-31(20(2)41-34-19)21-7-13-26-25(17-21)33-32(36(26)22-8-11-24(38-3)12-9-22)27-5-4-6-30(37)35(27)23-10-14-28-29(18-23)40-16-15-39-28/h7,10,13-14,17-18,22,24,27H,4-6,8-9,11-12,15-16H2,1-3H3/t22?,24?,27-/m0/s1. The number of rotatable bonds is 5. The van der Waals surface area contributed by atoms with Gasteiger partial charge < -0.3 is 28.2 Å². The van der Waals surface area contributed by atoms with Crippen LogP contribution in [0.5, 0.6) is 11.5 Å². The molecule has 4 aromatic rings. The van der Waals surface area contributed by atoms with E-state index in [4.69, 9.17) is 23.7 Å². The molecular formula is C32H36N4O5. The first-order valence-corrected chi connectivity index (χ1v) is 14.7. The normalized spacial score (nSPS) is 22.9. The van der Waals surface area contributed by atoms with E-state index in [1.165, 1.54) is 0 Å². The van der Waals surface area contributed by atoms with E-state index in [1.807, 2.05) is 36.9 Å². The van der Waals surface area contributed by atoms with Crippen LogP contribution in [0.2, 0.25) is 0 Å². The molecule has 9 nitrogen and oxygen atoms in total. The van der Waals surface area contributed by atoms with Crippen molar-refractivity contribution < 1.29 is 23.5 Å². The maximum atomic E-state index is 13.6. The summed E-state index contributed by atoms with van der Waals surface area (Å²) >= 11 is 0. The van der Waals surface area contributed by atoms with Crippen molar-refractivity contribution in [3.8, 4) is 22.6 Å². The monoisotopic (exact) mass is 556 g/mol. The van der Waals surface area contributed by atoms with Crippen molar-refractivity contribution in [2.75, 3.05) is 25.2 Å². The Balaban J connectivity index is 1.36. The maximum absolute atomic E-state index is 13.6. The molecular weight excluding hydrogens is 520 g/mol. The van der Waals surface area contributed by atoms with Crippen LogP contribution < -0.4 is 14.4 Å². The fraction of sp³-hybridized carbons (Fsp3) is 0.469. The molecule has 2 aromatic heterocycles. The van der Waals surface area contributed by atoms with Crippen molar-refractivity contribution >= 4 is 22.6 Å². The van der Waals surface area contributed by atoms with Crippen LogP contribution >= 0.6 is 0 Å². The zero-order valence-corrected chi connectivity index (χ0v) is 23.9. The van der Waals surface area contributed by atoms with E-state index in [0.717, 1.165) is 89.4 Å². The molecule has 1 aliphatic carbocycles. The van der Waals surface area contributed by atoms with Crippen molar-refractivity contribution in [1.82, 2.24) is 14.7 Å². The molecule has 0 unspecified atom stereocenters. The Labute approximate surface area is 239 Å². The summed E-state index contributed by atoms with van der Waals surface area (Å²) in [4.78, 5) is 20.8. The van der Waals surface area contributed by atoms with Gasteiger partial charge in [0, 0.05) is 36.9 Å². The van der Waals surface area contributed by atoms with Gasteiger partial charge in [-0.2, -0.15) is 0 Å². The van der Waals surface area contributed by atoms with Gasteiger partial charge in [0.1, 0.15) is 24.8 Å². The Morgan fingerprint density at radius 3 is 2.51 bits per heavy atom. The van der Waals surface area contributed by atoms with Crippen LogP contribution in [0.3, 0.4) is 0 Å². The number of carbonyl (C=O) groups excluding carboxylic acids is 1. The van der Waals surface area contributed by atoms with E-state index in [9.17, 15) is 4.79 Å². The highest BCUT2D eigenvalue weighted by Gasteiger charge is 2.37. The van der Waals surface area contributed by atoms with Crippen molar-refractivity contribution in [1.29, 1.82) is 0 Å². The number of piperidine rings is 1. The minimum Gasteiger partial charge on any atom is -0.486 e. The van der Waals surface area contributed by atoms with Crippen LogP contribution in [-0.2, 0) is 9.53 Å². The molecule has 41 heavy (non-hydrogen) atoms. The zero-order chi connectivity index (χ0) is 28.1. The van der Waals surface area contributed by atoms with E-state index in [1.54, 1.807) is 7.11 Å². The highest BCUT2D eigenvalue weighted by Crippen LogP contribution is 2.43. The Morgan fingerprint density at radius 2 is 1.76 bits per heavy atom. The third-order valence-corrected chi connectivity index (χ3v) is 8.93. The van der Waals surface area contributed by atoms with Gasteiger partial charge >= 0.3 is 0 Å². The molecule has 9 heteroatoms. The van der Waals surface area contributed by atoms with Gasteiger partial charge in [-0.05, 0) is 82.2 Å². The molecule has 0 bridgehead atoms. The Kier molecular flexibility index (Phi) is 6.69. The highest BCUT2D eigenvalue weighted by atomic mass is 16.6. The third-order valence-electron chi connectivity index (χ3n) is 8.93. The van der Waals surface area contributed by atoms with E-state index < -0.39 is 0 Å². The van der Waals surface area contributed by atoms with Crippen LogP contribution in [0.15, 0.2) is 40.9 Å². The summed E-state index contributed by atoms with van der Waals surface area (Å²) in [5, 5.41) is 4.16. The Bertz CT molecular complexity index is 1580. The number of fused-ring (bicyclic) bond motifs is 2. The molecule has 1 atom stereocenters. The molecule has 1 saturated carbocycles. The number of anilines is 1. The number of methoxy groups -OCH3 is 1. The molecule has 2 fully saturated rings. The van der Waals surface area contributed by atoms with Crippen molar-refractivity contribution in [3.05, 3.63) is 53.7 Å². The van der Waals surface area contributed by atoms with Crippen LogP contribution in [0.4, 0.5) is 5.69 Å². The van der Waals surface area contributed by atoms with Gasteiger partial charge in [0.05, 0.1) is 28.9 Å².